The van der Waals surface area contributed by atoms with Gasteiger partial charge < -0.3 is 33.5 Å². The largest absolute Gasteiger partial charge is 0.462 e. The second kappa shape index (κ2) is 11.0. The highest BCUT2D eigenvalue weighted by Gasteiger charge is 2.52. The molecule has 3 rings (SSSR count). The average Bonchev–Trinajstić information content (AvgIpc) is 3.32. The van der Waals surface area contributed by atoms with Gasteiger partial charge in [-0.2, -0.15) is 10.1 Å². The summed E-state index contributed by atoms with van der Waals surface area (Å²) < 4.78 is 40.3. The SMILES string of the molecule is COCC(COC(C)=O)(OC[C@H]1O[C@@H](n2ncc3c(Cl)nc(Cl)nc32)C[C@@H]1OC(C)=O)P(=O)(O)O. The minimum Gasteiger partial charge on any atom is -0.462 e. The Morgan fingerprint density at radius 2 is 1.97 bits per heavy atom. The van der Waals surface area contributed by atoms with Crippen molar-refractivity contribution in [1.82, 2.24) is 19.7 Å². The van der Waals surface area contributed by atoms with Crippen molar-refractivity contribution in [2.24, 2.45) is 0 Å². The lowest BCUT2D eigenvalue weighted by atomic mass is 10.2. The van der Waals surface area contributed by atoms with Gasteiger partial charge in [0.15, 0.2) is 11.9 Å². The molecule has 4 atom stereocenters. The Morgan fingerprint density at radius 1 is 1.26 bits per heavy atom. The molecule has 0 amide bonds. The quantitative estimate of drug-likeness (QED) is 0.186. The van der Waals surface area contributed by atoms with E-state index in [1.807, 2.05) is 0 Å². The first kappa shape index (κ1) is 27.7. The van der Waals surface area contributed by atoms with Gasteiger partial charge >= 0.3 is 19.5 Å². The Bertz CT molecular complexity index is 1140. The normalized spacial score (nSPS) is 22.2. The van der Waals surface area contributed by atoms with Gasteiger partial charge in [-0.1, -0.05) is 11.6 Å². The van der Waals surface area contributed by atoms with Gasteiger partial charge in [0.25, 0.3) is 0 Å². The zero-order chi connectivity index (χ0) is 26.0. The predicted octanol–water partition coefficient (Wildman–Crippen LogP) is 1.45. The number of fused-ring (bicyclic) bond motifs is 1. The molecule has 2 aromatic rings. The molecular formula is C18H23Cl2N4O10P. The van der Waals surface area contributed by atoms with Crippen molar-refractivity contribution in [1.29, 1.82) is 0 Å². The maximum atomic E-state index is 12.3. The number of hydrogen-bond acceptors (Lipinski definition) is 11. The Hall–Kier alpha value is -1.90. The molecule has 1 fully saturated rings. The Kier molecular flexibility index (Phi) is 8.71. The summed E-state index contributed by atoms with van der Waals surface area (Å²) in [5, 5.41) is 2.27. The summed E-state index contributed by atoms with van der Waals surface area (Å²) in [7, 11) is -3.84. The molecule has 17 heteroatoms. The van der Waals surface area contributed by atoms with Crippen LogP contribution in [0, 0.1) is 0 Å². The van der Waals surface area contributed by atoms with Crippen LogP contribution in [-0.2, 0) is 37.8 Å². The smallest absolute Gasteiger partial charge is 0.363 e. The fourth-order valence-electron chi connectivity index (χ4n) is 3.47. The van der Waals surface area contributed by atoms with E-state index in [9.17, 15) is 23.9 Å². The van der Waals surface area contributed by atoms with Crippen molar-refractivity contribution >= 4 is 53.8 Å². The number of esters is 2. The van der Waals surface area contributed by atoms with Gasteiger partial charge in [-0.3, -0.25) is 14.2 Å². The average molecular weight is 557 g/mol. The molecule has 3 heterocycles. The molecule has 35 heavy (non-hydrogen) atoms. The standard InChI is InChI=1S/C18H23Cl2N4O10P/c1-9(25)31-8-18(7-30-3,35(27,28)29)32-6-13-12(33-10(2)26)4-14(34-13)24-16-11(5-21-24)15(19)22-17(20)23-16/h5,12-14H,4,6-8H2,1-3H3,(H2,27,28,29)/t12-,13+,14+,18?/m0/s1. The van der Waals surface area contributed by atoms with E-state index < -0.39 is 63.1 Å². The van der Waals surface area contributed by atoms with Crippen LogP contribution in [0.3, 0.4) is 0 Å². The number of ether oxygens (including phenoxy) is 5. The summed E-state index contributed by atoms with van der Waals surface area (Å²) in [5.74, 6) is -1.39. The zero-order valence-corrected chi connectivity index (χ0v) is 21.2. The van der Waals surface area contributed by atoms with Crippen LogP contribution in [0.5, 0.6) is 0 Å². The van der Waals surface area contributed by atoms with Gasteiger partial charge in [0, 0.05) is 27.4 Å². The molecule has 194 valence electrons. The maximum absolute atomic E-state index is 12.3. The maximum Gasteiger partial charge on any atom is 0.363 e. The fraction of sp³-hybridized carbons (Fsp3) is 0.611. The number of hydrogen-bond donors (Lipinski definition) is 2. The molecule has 1 aliphatic heterocycles. The summed E-state index contributed by atoms with van der Waals surface area (Å²) in [5.41, 5.74) is 0.266. The molecule has 0 bridgehead atoms. The lowest BCUT2D eigenvalue weighted by Gasteiger charge is -2.34. The number of halogens is 2. The Labute approximate surface area is 208 Å². The van der Waals surface area contributed by atoms with Crippen LogP contribution in [0.1, 0.15) is 26.5 Å². The Morgan fingerprint density at radius 3 is 2.57 bits per heavy atom. The van der Waals surface area contributed by atoms with Crippen LogP contribution in [0.2, 0.25) is 10.4 Å². The molecule has 1 unspecified atom stereocenters. The van der Waals surface area contributed by atoms with E-state index in [1.54, 1.807) is 0 Å². The van der Waals surface area contributed by atoms with E-state index in [1.165, 1.54) is 24.9 Å². The summed E-state index contributed by atoms with van der Waals surface area (Å²) in [6.45, 7) is 0.436. The van der Waals surface area contributed by atoms with Crippen molar-refractivity contribution in [2.45, 2.75) is 44.0 Å². The van der Waals surface area contributed by atoms with E-state index in [-0.39, 0.29) is 22.5 Å². The van der Waals surface area contributed by atoms with Gasteiger partial charge in [0.1, 0.15) is 24.0 Å². The third kappa shape index (κ3) is 6.27. The summed E-state index contributed by atoms with van der Waals surface area (Å²) >= 11 is 12.0. The minimum atomic E-state index is -5.04. The van der Waals surface area contributed by atoms with Gasteiger partial charge in [0.2, 0.25) is 10.6 Å². The van der Waals surface area contributed by atoms with Crippen LogP contribution >= 0.6 is 30.8 Å². The first-order chi connectivity index (χ1) is 16.4. The fourth-order valence-corrected chi connectivity index (χ4v) is 4.66. The molecule has 0 aliphatic carbocycles. The van der Waals surface area contributed by atoms with Crippen molar-refractivity contribution < 1.29 is 47.6 Å². The van der Waals surface area contributed by atoms with E-state index in [0.29, 0.717) is 5.39 Å². The van der Waals surface area contributed by atoms with Crippen molar-refractivity contribution in [3.63, 3.8) is 0 Å². The number of methoxy groups -OCH3 is 1. The lowest BCUT2D eigenvalue weighted by molar-refractivity contribution is -0.164. The predicted molar refractivity (Wildman–Crippen MR) is 119 cm³/mol. The second-order valence-electron chi connectivity index (χ2n) is 7.64. The van der Waals surface area contributed by atoms with Crippen molar-refractivity contribution in [3.8, 4) is 0 Å². The third-order valence-corrected chi connectivity index (χ3v) is 6.97. The van der Waals surface area contributed by atoms with Crippen molar-refractivity contribution in [2.75, 3.05) is 26.9 Å². The lowest BCUT2D eigenvalue weighted by Crippen LogP contribution is -2.45. The number of aromatic nitrogens is 4. The number of rotatable bonds is 10. The summed E-state index contributed by atoms with van der Waals surface area (Å²) in [6.07, 6.45) is -1.18. The number of nitrogens with zero attached hydrogens (tertiary/aromatic N) is 4. The first-order valence-electron chi connectivity index (χ1n) is 10.1. The zero-order valence-electron chi connectivity index (χ0n) is 18.8. The van der Waals surface area contributed by atoms with Crippen LogP contribution < -0.4 is 0 Å². The second-order valence-corrected chi connectivity index (χ2v) is 10.2. The molecule has 0 aromatic carbocycles. The van der Waals surface area contributed by atoms with E-state index >= 15 is 0 Å². The summed E-state index contributed by atoms with van der Waals surface area (Å²) in [4.78, 5) is 50.9. The van der Waals surface area contributed by atoms with Gasteiger partial charge in [-0.25, -0.2) is 9.67 Å². The highest BCUT2D eigenvalue weighted by Crippen LogP contribution is 2.52. The molecule has 0 radical (unpaired) electrons. The molecular weight excluding hydrogens is 534 g/mol. The molecule has 1 saturated heterocycles. The monoisotopic (exact) mass is 556 g/mol. The molecule has 14 nitrogen and oxygen atoms in total. The minimum absolute atomic E-state index is 0.0807. The van der Waals surface area contributed by atoms with Gasteiger partial charge in [0.05, 0.1) is 24.8 Å². The van der Waals surface area contributed by atoms with E-state index in [4.69, 9.17) is 46.9 Å². The van der Waals surface area contributed by atoms with Crippen LogP contribution in [-0.4, -0.2) is 86.0 Å². The molecule has 2 aromatic heterocycles. The number of carbonyl (C=O) groups is 2. The molecule has 0 saturated carbocycles. The molecule has 2 N–H and O–H groups in total. The third-order valence-electron chi connectivity index (χ3n) is 5.07. The highest BCUT2D eigenvalue weighted by molar-refractivity contribution is 7.53. The van der Waals surface area contributed by atoms with E-state index in [2.05, 4.69) is 15.1 Å². The van der Waals surface area contributed by atoms with Crippen LogP contribution in [0.15, 0.2) is 6.20 Å². The van der Waals surface area contributed by atoms with E-state index in [0.717, 1.165) is 6.92 Å². The van der Waals surface area contributed by atoms with Gasteiger partial charge in [-0.05, 0) is 11.6 Å². The van der Waals surface area contributed by atoms with Crippen molar-refractivity contribution in [3.05, 3.63) is 16.6 Å². The molecule has 1 aliphatic rings. The summed E-state index contributed by atoms with van der Waals surface area (Å²) in [6, 6.07) is 0. The van der Waals surface area contributed by atoms with Gasteiger partial charge in [-0.15, -0.1) is 0 Å². The topological polar surface area (TPSA) is 181 Å². The highest BCUT2D eigenvalue weighted by atomic mass is 35.5. The molecule has 0 spiro atoms. The van der Waals surface area contributed by atoms with Crippen LogP contribution in [0.4, 0.5) is 0 Å². The Balaban J connectivity index is 1.87. The number of carbonyl (C=O) groups excluding carboxylic acids is 2. The first-order valence-corrected chi connectivity index (χ1v) is 12.4. The van der Waals surface area contributed by atoms with Crippen LogP contribution in [0.25, 0.3) is 11.0 Å².